The van der Waals surface area contributed by atoms with Crippen LogP contribution in [0.3, 0.4) is 0 Å². The summed E-state index contributed by atoms with van der Waals surface area (Å²) in [7, 11) is 0. The van der Waals surface area contributed by atoms with Crippen molar-refractivity contribution in [1.29, 1.82) is 0 Å². The Morgan fingerprint density at radius 2 is 1.91 bits per heavy atom. The maximum atomic E-state index is 12.9. The van der Waals surface area contributed by atoms with Gasteiger partial charge in [0.1, 0.15) is 5.56 Å². The molecule has 0 radical (unpaired) electrons. The molecule has 0 atom stereocenters. The lowest BCUT2D eigenvalue weighted by Crippen LogP contribution is -2.29. The van der Waals surface area contributed by atoms with E-state index in [9.17, 15) is 23.3 Å². The van der Waals surface area contributed by atoms with Crippen LogP contribution in [0.25, 0.3) is 0 Å². The van der Waals surface area contributed by atoms with Gasteiger partial charge in [0, 0.05) is 17.8 Å². The summed E-state index contributed by atoms with van der Waals surface area (Å²) in [5.74, 6) is 0.473. The standard InChI is InChI=1S/C14H18F3N3O2/c15-14(16,17)12-7-11(5-6-13(12)20(21)22)19-10-3-1-9(8-18)2-4-10/h5-7,9-10,19H,1-4,8,18H2/t9-,10-. The normalized spacial score (nSPS) is 22.4. The molecule has 0 aromatic heterocycles. The third-order valence-corrected chi connectivity index (χ3v) is 4.05. The van der Waals surface area contributed by atoms with Crippen LogP contribution >= 0.6 is 0 Å². The lowest BCUT2D eigenvalue weighted by Gasteiger charge is -2.29. The second-order valence-electron chi connectivity index (χ2n) is 5.58. The number of nitrogens with zero attached hydrogens (tertiary/aromatic N) is 1. The molecule has 1 saturated carbocycles. The number of benzene rings is 1. The number of hydrogen-bond acceptors (Lipinski definition) is 4. The molecule has 122 valence electrons. The SMILES string of the molecule is NC[C@H]1CC[C@H](Nc2ccc([N+](=O)[O-])c(C(F)(F)F)c2)CC1. The minimum Gasteiger partial charge on any atom is -0.382 e. The minimum atomic E-state index is -4.75. The van der Waals surface area contributed by atoms with Crippen LogP contribution in [-0.2, 0) is 6.18 Å². The van der Waals surface area contributed by atoms with E-state index in [0.717, 1.165) is 37.8 Å². The van der Waals surface area contributed by atoms with E-state index in [4.69, 9.17) is 5.73 Å². The number of nitrogens with one attached hydrogen (secondary N) is 1. The van der Waals surface area contributed by atoms with Crippen LogP contribution in [0, 0.1) is 16.0 Å². The second-order valence-corrected chi connectivity index (χ2v) is 5.58. The van der Waals surface area contributed by atoms with E-state index in [2.05, 4.69) is 5.32 Å². The first-order chi connectivity index (χ1) is 10.3. The Bertz CT molecular complexity index is 541. The zero-order chi connectivity index (χ0) is 16.3. The Kier molecular flexibility index (Phi) is 4.90. The molecule has 0 amide bonds. The second kappa shape index (κ2) is 6.51. The summed E-state index contributed by atoms with van der Waals surface area (Å²) in [6, 6.07) is 3.11. The van der Waals surface area contributed by atoms with Crippen LogP contribution in [-0.4, -0.2) is 17.5 Å². The zero-order valence-electron chi connectivity index (χ0n) is 11.9. The van der Waals surface area contributed by atoms with Gasteiger partial charge in [-0.05, 0) is 50.3 Å². The number of rotatable bonds is 4. The molecule has 0 aliphatic heterocycles. The van der Waals surface area contributed by atoms with E-state index in [1.165, 1.54) is 6.07 Å². The van der Waals surface area contributed by atoms with E-state index in [0.29, 0.717) is 12.5 Å². The van der Waals surface area contributed by atoms with Gasteiger partial charge in [0.25, 0.3) is 5.69 Å². The predicted molar refractivity (Wildman–Crippen MR) is 76.5 cm³/mol. The highest BCUT2D eigenvalue weighted by atomic mass is 19.4. The summed E-state index contributed by atoms with van der Waals surface area (Å²) in [6.45, 7) is 0.627. The van der Waals surface area contributed by atoms with Gasteiger partial charge in [-0.1, -0.05) is 0 Å². The van der Waals surface area contributed by atoms with E-state index in [-0.39, 0.29) is 11.7 Å². The van der Waals surface area contributed by atoms with Crippen molar-refractivity contribution in [2.45, 2.75) is 37.9 Å². The topological polar surface area (TPSA) is 81.2 Å². The van der Waals surface area contributed by atoms with Gasteiger partial charge in [-0.15, -0.1) is 0 Å². The van der Waals surface area contributed by atoms with Gasteiger partial charge in [0.05, 0.1) is 4.92 Å². The molecule has 1 aliphatic rings. The number of nitro groups is 1. The van der Waals surface area contributed by atoms with E-state index in [1.54, 1.807) is 0 Å². The molecule has 3 N–H and O–H groups in total. The smallest absolute Gasteiger partial charge is 0.382 e. The highest BCUT2D eigenvalue weighted by Gasteiger charge is 2.38. The number of nitrogens with two attached hydrogens (primary N) is 1. The van der Waals surface area contributed by atoms with Gasteiger partial charge in [-0.3, -0.25) is 10.1 Å². The van der Waals surface area contributed by atoms with Crippen molar-refractivity contribution in [3.8, 4) is 0 Å². The number of alkyl halides is 3. The van der Waals surface area contributed by atoms with Crippen LogP contribution in [0.5, 0.6) is 0 Å². The summed E-state index contributed by atoms with van der Waals surface area (Å²) in [4.78, 5) is 9.70. The monoisotopic (exact) mass is 317 g/mol. The first-order valence-electron chi connectivity index (χ1n) is 7.13. The van der Waals surface area contributed by atoms with Crippen molar-refractivity contribution in [1.82, 2.24) is 0 Å². The van der Waals surface area contributed by atoms with Crippen LogP contribution < -0.4 is 11.1 Å². The molecule has 1 aromatic carbocycles. The Labute approximate surface area is 125 Å². The summed E-state index contributed by atoms with van der Waals surface area (Å²) in [6.07, 6.45) is -1.21. The van der Waals surface area contributed by atoms with Crippen LogP contribution in [0.4, 0.5) is 24.5 Å². The van der Waals surface area contributed by atoms with Gasteiger partial charge in [0.2, 0.25) is 0 Å². The number of anilines is 1. The van der Waals surface area contributed by atoms with Crippen molar-refractivity contribution in [2.24, 2.45) is 11.7 Å². The zero-order valence-corrected chi connectivity index (χ0v) is 11.9. The highest BCUT2D eigenvalue weighted by molar-refractivity contribution is 5.55. The number of halogens is 3. The first-order valence-corrected chi connectivity index (χ1v) is 7.13. The van der Waals surface area contributed by atoms with E-state index < -0.39 is 22.4 Å². The summed E-state index contributed by atoms with van der Waals surface area (Å²) < 4.78 is 38.8. The van der Waals surface area contributed by atoms with Crippen molar-refractivity contribution < 1.29 is 18.1 Å². The molecule has 5 nitrogen and oxygen atoms in total. The molecule has 1 fully saturated rings. The van der Waals surface area contributed by atoms with E-state index >= 15 is 0 Å². The third kappa shape index (κ3) is 3.88. The maximum absolute atomic E-state index is 12.9. The molecule has 0 saturated heterocycles. The lowest BCUT2D eigenvalue weighted by atomic mass is 9.86. The Hall–Kier alpha value is -1.83. The Morgan fingerprint density at radius 3 is 2.41 bits per heavy atom. The molecular formula is C14H18F3N3O2. The molecule has 0 unspecified atom stereocenters. The van der Waals surface area contributed by atoms with Gasteiger partial charge < -0.3 is 11.1 Å². The Morgan fingerprint density at radius 1 is 1.27 bits per heavy atom. The molecule has 8 heteroatoms. The average Bonchev–Trinajstić information content (AvgIpc) is 2.47. The summed E-state index contributed by atoms with van der Waals surface area (Å²) >= 11 is 0. The largest absolute Gasteiger partial charge is 0.423 e. The molecule has 0 spiro atoms. The summed E-state index contributed by atoms with van der Waals surface area (Å²) in [5, 5.41) is 13.8. The number of hydrogen-bond donors (Lipinski definition) is 2. The molecule has 1 aromatic rings. The van der Waals surface area contributed by atoms with Crippen molar-refractivity contribution >= 4 is 11.4 Å². The highest BCUT2D eigenvalue weighted by Crippen LogP contribution is 2.38. The molecule has 0 bridgehead atoms. The van der Waals surface area contributed by atoms with Gasteiger partial charge in [-0.2, -0.15) is 13.2 Å². The molecule has 22 heavy (non-hydrogen) atoms. The third-order valence-electron chi connectivity index (χ3n) is 4.05. The van der Waals surface area contributed by atoms with Crippen molar-refractivity contribution in [3.63, 3.8) is 0 Å². The van der Waals surface area contributed by atoms with Crippen LogP contribution in [0.2, 0.25) is 0 Å². The van der Waals surface area contributed by atoms with Gasteiger partial charge >= 0.3 is 6.18 Å². The molecular weight excluding hydrogens is 299 g/mol. The quantitative estimate of drug-likeness (QED) is 0.657. The van der Waals surface area contributed by atoms with Crippen LogP contribution in [0.1, 0.15) is 31.2 Å². The predicted octanol–water partition coefficient (Wildman–Crippen LogP) is 3.54. The fourth-order valence-corrected chi connectivity index (χ4v) is 2.79. The van der Waals surface area contributed by atoms with Crippen LogP contribution in [0.15, 0.2) is 18.2 Å². The van der Waals surface area contributed by atoms with Gasteiger partial charge in [-0.25, -0.2) is 0 Å². The molecule has 2 rings (SSSR count). The Balaban J connectivity index is 2.14. The fourth-order valence-electron chi connectivity index (χ4n) is 2.79. The van der Waals surface area contributed by atoms with Gasteiger partial charge in [0.15, 0.2) is 0 Å². The van der Waals surface area contributed by atoms with E-state index in [1.807, 2.05) is 0 Å². The van der Waals surface area contributed by atoms with Crippen molar-refractivity contribution in [2.75, 3.05) is 11.9 Å². The molecule has 1 aliphatic carbocycles. The lowest BCUT2D eigenvalue weighted by molar-refractivity contribution is -0.388. The molecule has 0 heterocycles. The van der Waals surface area contributed by atoms with Crippen molar-refractivity contribution in [3.05, 3.63) is 33.9 Å². The fraction of sp³-hybridized carbons (Fsp3) is 0.571. The summed E-state index contributed by atoms with van der Waals surface area (Å²) in [5.41, 5.74) is 3.71. The number of nitro benzene ring substituents is 1. The first kappa shape index (κ1) is 16.5. The minimum absolute atomic E-state index is 0.0744. The average molecular weight is 317 g/mol. The maximum Gasteiger partial charge on any atom is 0.423 e.